The van der Waals surface area contributed by atoms with E-state index < -0.39 is 162 Å². The fourth-order valence-electron chi connectivity index (χ4n) is 14.6. The van der Waals surface area contributed by atoms with Crippen LogP contribution in [0.5, 0.6) is 0 Å². The normalized spacial score (nSPS) is 26.5. The van der Waals surface area contributed by atoms with Gasteiger partial charge in [0.05, 0.1) is 42.7 Å². The summed E-state index contributed by atoms with van der Waals surface area (Å²) in [7, 11) is 9.73. The highest BCUT2D eigenvalue weighted by atomic mass is 35.5. The average molecular weight is 1420 g/mol. The molecule has 25 nitrogen and oxygen atoms in total. The van der Waals surface area contributed by atoms with Crippen molar-refractivity contribution in [2.75, 3.05) is 95.1 Å². The Bertz CT molecular complexity index is 3020. The molecule has 0 radical (unpaired) electrons. The second kappa shape index (κ2) is 37.5. The van der Waals surface area contributed by atoms with Crippen LogP contribution in [0.2, 0.25) is 5.02 Å². The Morgan fingerprint density at radius 1 is 0.626 bits per heavy atom. The number of hydrogen-bond acceptors (Lipinski definition) is 13. The molecule has 2 saturated carbocycles. The number of amides is 12. The van der Waals surface area contributed by atoms with Gasteiger partial charge in [0.2, 0.25) is 70.9 Å². The smallest absolute Gasteiger partial charge is 0.391 e. The van der Waals surface area contributed by atoms with Crippen LogP contribution >= 0.6 is 11.6 Å². The van der Waals surface area contributed by atoms with E-state index in [-0.39, 0.29) is 69.4 Å². The molecule has 554 valence electrons. The lowest BCUT2D eigenvalue weighted by Crippen LogP contribution is -2.61. The zero-order chi connectivity index (χ0) is 73.2. The fraction of sp³-hybridized carbons (Fsp3) is 0.743. The molecule has 5 aliphatic rings. The summed E-state index contributed by atoms with van der Waals surface area (Å²) in [6.07, 6.45) is 4.90. The largest absolute Gasteiger partial charge is 0.417 e. The van der Waals surface area contributed by atoms with Gasteiger partial charge in [0, 0.05) is 81.9 Å². The summed E-state index contributed by atoms with van der Waals surface area (Å²) in [4.78, 5) is 186. The van der Waals surface area contributed by atoms with Gasteiger partial charge in [-0.1, -0.05) is 89.3 Å². The van der Waals surface area contributed by atoms with Gasteiger partial charge in [0.15, 0.2) is 0 Å². The number of halogens is 4. The lowest BCUT2D eigenvalue weighted by molar-refractivity contribution is -0.155. The molecule has 1 aromatic carbocycles. The molecule has 0 aromatic heterocycles. The number of likely N-dealkylation sites (tertiary alicyclic amines) is 1. The van der Waals surface area contributed by atoms with E-state index in [2.05, 4.69) is 16.0 Å². The highest BCUT2D eigenvalue weighted by molar-refractivity contribution is 6.31. The predicted octanol–water partition coefficient (Wildman–Crippen LogP) is 4.62. The summed E-state index contributed by atoms with van der Waals surface area (Å²) < 4.78 is 41.2. The van der Waals surface area contributed by atoms with Gasteiger partial charge in [-0.05, 0) is 119 Å². The molecule has 0 bridgehead atoms. The topological polar surface area (TPSA) is 290 Å². The number of nitrogens with zero attached hydrogens (tertiary/aromatic N) is 9. The number of aryl methyl sites for hydroxylation is 1. The van der Waals surface area contributed by atoms with Crippen LogP contribution in [-0.4, -0.2) is 264 Å². The Morgan fingerprint density at radius 2 is 1.24 bits per heavy atom. The number of benzene rings is 1. The standard InChI is InChI=1S/C70H108ClF3N12O13/c1-11-44(2)60-68(98)80(6)42-58(91)78(4)43-59(92)81(7)53(39-46-24-15-12-16-25-46)66(96)79(5)41-55(88)76-51(33-31-47-30-32-49(50(71)38-47)70(72,73)74)65(95)86-37-23-28-52(86)63(93)75-34-20-19-29-56(89)83(9)62(48-26-17-13-18-27-48)69(99)82(8)54(67(97)85-35-21-14-22-36-85)40-57(90)84(10)61(45(3)87)64(94)77-60/h30,32,38,44-46,48,51-54,60-62,87H,11-29,31,33-37,39-43H2,1-10H3,(H,75,93)(H,76,88)(H,77,94)/t44-,45+,51-,52-,53-,54-,60?,61-,62-/m0/s1. The van der Waals surface area contributed by atoms with E-state index >= 15 is 4.79 Å². The van der Waals surface area contributed by atoms with Crippen molar-refractivity contribution in [1.82, 2.24) is 60.0 Å². The van der Waals surface area contributed by atoms with Crippen LogP contribution in [0.1, 0.15) is 173 Å². The van der Waals surface area contributed by atoms with Gasteiger partial charge in [0.1, 0.15) is 42.3 Å². The number of likely N-dealkylation sites (N-methyl/N-ethyl adjacent to an activating group) is 7. The van der Waals surface area contributed by atoms with Crippen molar-refractivity contribution in [3.63, 3.8) is 0 Å². The summed E-state index contributed by atoms with van der Waals surface area (Å²) in [6, 6.07) is -5.70. The molecule has 0 spiro atoms. The minimum absolute atomic E-state index is 0.0159. The van der Waals surface area contributed by atoms with E-state index in [1.54, 1.807) is 25.8 Å². The first-order chi connectivity index (χ1) is 46.8. The van der Waals surface area contributed by atoms with E-state index in [1.165, 1.54) is 74.9 Å². The summed E-state index contributed by atoms with van der Waals surface area (Å²) in [5.41, 5.74) is -0.740. The summed E-state index contributed by atoms with van der Waals surface area (Å²) >= 11 is 6.10. The monoisotopic (exact) mass is 1420 g/mol. The Balaban J connectivity index is 1.33. The van der Waals surface area contributed by atoms with Crippen molar-refractivity contribution in [2.45, 2.75) is 223 Å². The maximum atomic E-state index is 15.3. The fourth-order valence-corrected chi connectivity index (χ4v) is 14.9. The molecule has 3 heterocycles. The van der Waals surface area contributed by atoms with E-state index in [4.69, 9.17) is 11.6 Å². The zero-order valence-electron chi connectivity index (χ0n) is 59.7. The van der Waals surface area contributed by atoms with Gasteiger partial charge in [0.25, 0.3) is 0 Å². The number of carbonyl (C=O) groups excluding carboxylic acids is 12. The number of nitrogens with one attached hydrogen (secondary N) is 3. The maximum absolute atomic E-state index is 15.3. The second-order valence-electron chi connectivity index (χ2n) is 28.3. The minimum Gasteiger partial charge on any atom is -0.391 e. The molecule has 12 amide bonds. The molecule has 1 aromatic rings. The molecule has 3 aliphatic heterocycles. The molecular formula is C70H108ClF3N12O13. The van der Waals surface area contributed by atoms with Gasteiger partial charge >= 0.3 is 6.18 Å². The SMILES string of the molecule is CC[C@H](C)C1NC(=O)[C@H]([C@@H](C)O)N(C)C(=O)C[C@@H](C(=O)N2CCCCC2)N(C)C(=O)[C@H](C2CCCCC2)N(C)C(=O)CCCCNC(=O)[C@@H]2CCCN2C(=O)[C@H](CCc2ccc(C(F)(F)F)c(Cl)c2)NC(=O)CN(C)C(=O)[C@H](CC2CCCCC2)N(C)C(=O)CN(C)C(=O)CN(C)C1=O. The van der Waals surface area contributed by atoms with Crippen molar-refractivity contribution in [1.29, 1.82) is 0 Å². The van der Waals surface area contributed by atoms with Crippen molar-refractivity contribution < 1.29 is 75.8 Å². The first kappa shape index (κ1) is 80.9. The van der Waals surface area contributed by atoms with E-state index in [0.717, 1.165) is 89.5 Å². The van der Waals surface area contributed by atoms with Crippen LogP contribution in [0.3, 0.4) is 0 Å². The quantitative estimate of drug-likeness (QED) is 0.249. The lowest BCUT2D eigenvalue weighted by atomic mass is 9.82. The zero-order valence-corrected chi connectivity index (χ0v) is 60.4. The van der Waals surface area contributed by atoms with Crippen molar-refractivity contribution in [3.05, 3.63) is 34.3 Å². The first-order valence-corrected chi connectivity index (χ1v) is 35.9. The van der Waals surface area contributed by atoms with Crippen LogP contribution in [0.25, 0.3) is 0 Å². The summed E-state index contributed by atoms with van der Waals surface area (Å²) in [6.45, 7) is 3.98. The number of alkyl halides is 3. The van der Waals surface area contributed by atoms with Crippen molar-refractivity contribution in [3.8, 4) is 0 Å². The Kier molecular flexibility index (Phi) is 30.7. The van der Waals surface area contributed by atoms with E-state index in [1.807, 2.05) is 0 Å². The Hall–Kier alpha value is -7.10. The lowest BCUT2D eigenvalue weighted by Gasteiger charge is -2.41. The minimum atomic E-state index is -4.74. The van der Waals surface area contributed by atoms with Gasteiger partial charge in [-0.15, -0.1) is 0 Å². The molecule has 1 unspecified atom stereocenters. The second-order valence-corrected chi connectivity index (χ2v) is 28.7. The van der Waals surface area contributed by atoms with Crippen LogP contribution in [0.15, 0.2) is 18.2 Å². The molecule has 3 saturated heterocycles. The van der Waals surface area contributed by atoms with Crippen LogP contribution in [0, 0.1) is 17.8 Å². The molecule has 5 fully saturated rings. The van der Waals surface area contributed by atoms with Crippen LogP contribution in [0.4, 0.5) is 13.2 Å². The molecular weight excluding hydrogens is 1310 g/mol. The molecule has 4 N–H and O–H groups in total. The highest BCUT2D eigenvalue weighted by Crippen LogP contribution is 2.36. The number of piperidine rings is 1. The number of aliphatic hydroxyl groups is 1. The number of fused-ring (bicyclic) bond motifs is 1. The summed E-state index contributed by atoms with van der Waals surface area (Å²) in [5.74, 6) is -8.64. The third-order valence-electron chi connectivity index (χ3n) is 21.0. The number of aliphatic hydroxyl groups excluding tert-OH is 1. The third kappa shape index (κ3) is 22.0. The van der Waals surface area contributed by atoms with Crippen LogP contribution < -0.4 is 16.0 Å². The highest BCUT2D eigenvalue weighted by Gasteiger charge is 2.45. The van der Waals surface area contributed by atoms with Crippen LogP contribution in [-0.2, 0) is 70.1 Å². The Labute approximate surface area is 586 Å². The molecule has 9 atom stereocenters. The van der Waals surface area contributed by atoms with Gasteiger partial charge in [-0.2, -0.15) is 13.2 Å². The van der Waals surface area contributed by atoms with Gasteiger partial charge < -0.3 is 65.2 Å². The van der Waals surface area contributed by atoms with Gasteiger partial charge in [-0.3, -0.25) is 57.5 Å². The number of rotatable bonds is 10. The first-order valence-electron chi connectivity index (χ1n) is 35.6. The number of hydrogen-bond donors (Lipinski definition) is 4. The molecule has 29 heteroatoms. The maximum Gasteiger partial charge on any atom is 0.417 e. The molecule has 2 aliphatic carbocycles. The van der Waals surface area contributed by atoms with E-state index in [9.17, 15) is 71.0 Å². The Morgan fingerprint density at radius 3 is 1.86 bits per heavy atom. The van der Waals surface area contributed by atoms with Crippen molar-refractivity contribution in [2.24, 2.45) is 17.8 Å². The van der Waals surface area contributed by atoms with Crippen molar-refractivity contribution >= 4 is 82.5 Å². The van der Waals surface area contributed by atoms with E-state index in [0.29, 0.717) is 63.6 Å². The third-order valence-corrected chi connectivity index (χ3v) is 21.3. The predicted molar refractivity (Wildman–Crippen MR) is 363 cm³/mol. The summed E-state index contributed by atoms with van der Waals surface area (Å²) in [5, 5.41) is 19.1. The molecule has 6 rings (SSSR count). The van der Waals surface area contributed by atoms with Gasteiger partial charge in [-0.25, -0.2) is 0 Å². The number of carbonyl (C=O) groups is 12. The average Bonchev–Trinajstić information content (AvgIpc) is 2.20. The molecule has 99 heavy (non-hydrogen) atoms.